The largest absolute Gasteiger partial charge is 0.507 e. The third-order valence-electron chi connectivity index (χ3n) is 2.31. The number of phenols is 6. The van der Waals surface area contributed by atoms with Gasteiger partial charge in [-0.3, -0.25) is 0 Å². The quantitative estimate of drug-likeness (QED) is 0.294. The summed E-state index contributed by atoms with van der Waals surface area (Å²) >= 11 is 0. The van der Waals surface area contributed by atoms with Crippen molar-refractivity contribution in [3.05, 3.63) is 12.1 Å². The molecule has 0 aliphatic rings. The predicted molar refractivity (Wildman–Crippen MR) is 53.9 cm³/mol. The van der Waals surface area contributed by atoms with E-state index < -0.39 is 34.5 Å². The highest BCUT2D eigenvalue weighted by Gasteiger charge is 2.22. The lowest BCUT2D eigenvalue weighted by atomic mass is 10.0. The second-order valence-electron chi connectivity index (χ2n) is 3.25. The zero-order valence-electron chi connectivity index (χ0n) is 7.84. The van der Waals surface area contributed by atoms with Crippen LogP contribution in [0.3, 0.4) is 0 Å². The lowest BCUT2D eigenvalue weighted by molar-refractivity contribution is 0.349. The van der Waals surface area contributed by atoms with Crippen LogP contribution in [0.5, 0.6) is 34.5 Å². The third-order valence-corrected chi connectivity index (χ3v) is 2.31. The molecule has 0 saturated carbocycles. The number of aromatic hydroxyl groups is 6. The minimum absolute atomic E-state index is 0.340. The zero-order chi connectivity index (χ0) is 12.0. The molecule has 84 valence electrons. The monoisotopic (exact) mass is 224 g/mol. The molecule has 0 fully saturated rings. The van der Waals surface area contributed by atoms with Crippen molar-refractivity contribution in [3.63, 3.8) is 0 Å². The standard InChI is InChI=1S/C10H8O6/c11-3-1-2-4(12)6-5(3)7(13)9(15)10(16)8(6)14/h1-2,11-16H. The van der Waals surface area contributed by atoms with Crippen molar-refractivity contribution in [3.8, 4) is 34.5 Å². The van der Waals surface area contributed by atoms with Gasteiger partial charge in [-0.2, -0.15) is 0 Å². The summed E-state index contributed by atoms with van der Waals surface area (Å²) in [5, 5.41) is 55.7. The first kappa shape index (κ1) is 10.0. The molecule has 0 unspecified atom stereocenters. The Morgan fingerprint density at radius 1 is 0.500 bits per heavy atom. The van der Waals surface area contributed by atoms with Gasteiger partial charge in [0.25, 0.3) is 0 Å². The molecule has 0 atom stereocenters. The topological polar surface area (TPSA) is 121 Å². The Labute approximate surface area is 88.9 Å². The molecule has 6 N–H and O–H groups in total. The Bertz CT molecular complexity index is 537. The Morgan fingerprint density at radius 3 is 1.12 bits per heavy atom. The van der Waals surface area contributed by atoms with Gasteiger partial charge in [-0.25, -0.2) is 0 Å². The smallest absolute Gasteiger partial charge is 0.205 e. The van der Waals surface area contributed by atoms with Gasteiger partial charge in [0.05, 0.1) is 10.8 Å². The van der Waals surface area contributed by atoms with Crippen molar-refractivity contribution in [2.24, 2.45) is 0 Å². The number of phenolic OH excluding ortho intramolecular Hbond substituents is 6. The maximum absolute atomic E-state index is 9.48. The van der Waals surface area contributed by atoms with Crippen LogP contribution in [0.4, 0.5) is 0 Å². The fourth-order valence-corrected chi connectivity index (χ4v) is 1.52. The van der Waals surface area contributed by atoms with Gasteiger partial charge in [-0.1, -0.05) is 0 Å². The second-order valence-corrected chi connectivity index (χ2v) is 3.25. The average Bonchev–Trinajstić information content (AvgIpc) is 2.26. The van der Waals surface area contributed by atoms with Gasteiger partial charge in [0.15, 0.2) is 11.5 Å². The highest BCUT2D eigenvalue weighted by Crippen LogP contribution is 2.53. The lowest BCUT2D eigenvalue weighted by Crippen LogP contribution is -1.81. The van der Waals surface area contributed by atoms with E-state index >= 15 is 0 Å². The summed E-state index contributed by atoms with van der Waals surface area (Å²) in [7, 11) is 0. The second kappa shape index (κ2) is 2.99. The Kier molecular flexibility index (Phi) is 1.88. The lowest BCUT2D eigenvalue weighted by Gasteiger charge is -2.10. The molecule has 16 heavy (non-hydrogen) atoms. The summed E-state index contributed by atoms with van der Waals surface area (Å²) < 4.78 is 0. The first-order valence-corrected chi connectivity index (χ1v) is 4.25. The van der Waals surface area contributed by atoms with Crippen LogP contribution in [0, 0.1) is 0 Å². The van der Waals surface area contributed by atoms with Gasteiger partial charge in [0, 0.05) is 0 Å². The van der Waals surface area contributed by atoms with E-state index in [0.29, 0.717) is 0 Å². The van der Waals surface area contributed by atoms with Crippen molar-refractivity contribution in [2.45, 2.75) is 0 Å². The molecule has 6 heteroatoms. The van der Waals surface area contributed by atoms with Gasteiger partial charge >= 0.3 is 0 Å². The molecular formula is C10H8O6. The summed E-state index contributed by atoms with van der Waals surface area (Å²) in [6.07, 6.45) is 0. The SMILES string of the molecule is Oc1c(O)c(O)c2c(O)ccc(O)c2c1O. The van der Waals surface area contributed by atoms with Crippen LogP contribution in [0.15, 0.2) is 12.1 Å². The summed E-state index contributed by atoms with van der Waals surface area (Å²) in [6, 6.07) is 2.15. The fourth-order valence-electron chi connectivity index (χ4n) is 1.52. The third kappa shape index (κ3) is 1.07. The number of hydrogen-bond acceptors (Lipinski definition) is 6. The summed E-state index contributed by atoms with van der Waals surface area (Å²) in [5.41, 5.74) is 0. The van der Waals surface area contributed by atoms with Gasteiger partial charge in [-0.15, -0.1) is 0 Å². The van der Waals surface area contributed by atoms with Crippen LogP contribution in [-0.2, 0) is 0 Å². The maximum atomic E-state index is 9.48. The van der Waals surface area contributed by atoms with Gasteiger partial charge in [-0.05, 0) is 12.1 Å². The van der Waals surface area contributed by atoms with E-state index in [4.69, 9.17) is 0 Å². The van der Waals surface area contributed by atoms with Gasteiger partial charge in [0.2, 0.25) is 11.5 Å². The van der Waals surface area contributed by atoms with E-state index in [2.05, 4.69) is 0 Å². The summed E-state index contributed by atoms with van der Waals surface area (Å²) in [4.78, 5) is 0. The minimum atomic E-state index is -0.967. The Morgan fingerprint density at radius 2 is 0.812 bits per heavy atom. The van der Waals surface area contributed by atoms with Gasteiger partial charge in [0.1, 0.15) is 11.5 Å². The Hall–Kier alpha value is -2.50. The van der Waals surface area contributed by atoms with Crippen LogP contribution >= 0.6 is 0 Å². The van der Waals surface area contributed by atoms with Crippen molar-refractivity contribution in [1.82, 2.24) is 0 Å². The zero-order valence-corrected chi connectivity index (χ0v) is 7.84. The predicted octanol–water partition coefficient (Wildman–Crippen LogP) is 1.07. The highest BCUT2D eigenvalue weighted by atomic mass is 16.3. The van der Waals surface area contributed by atoms with E-state index in [-0.39, 0.29) is 10.8 Å². The summed E-state index contributed by atoms with van der Waals surface area (Å²) in [5.74, 6) is -4.47. The molecule has 2 aromatic rings. The molecule has 0 aliphatic heterocycles. The van der Waals surface area contributed by atoms with E-state index in [1.807, 2.05) is 0 Å². The van der Waals surface area contributed by atoms with Crippen LogP contribution in [0.25, 0.3) is 10.8 Å². The van der Waals surface area contributed by atoms with E-state index in [1.54, 1.807) is 0 Å². The molecule has 6 nitrogen and oxygen atoms in total. The maximum Gasteiger partial charge on any atom is 0.205 e. The molecule has 0 heterocycles. The molecule has 0 bridgehead atoms. The molecule has 0 saturated heterocycles. The van der Waals surface area contributed by atoms with Crippen LogP contribution in [0.2, 0.25) is 0 Å². The number of benzene rings is 2. The first-order chi connectivity index (χ1) is 7.45. The fraction of sp³-hybridized carbons (Fsp3) is 0. The average molecular weight is 224 g/mol. The van der Waals surface area contributed by atoms with Crippen LogP contribution in [-0.4, -0.2) is 30.6 Å². The summed E-state index contributed by atoms with van der Waals surface area (Å²) in [6.45, 7) is 0. The molecule has 0 radical (unpaired) electrons. The van der Waals surface area contributed by atoms with Crippen LogP contribution in [0.1, 0.15) is 0 Å². The molecule has 2 rings (SSSR count). The molecule has 2 aromatic carbocycles. The number of fused-ring (bicyclic) bond motifs is 1. The van der Waals surface area contributed by atoms with Gasteiger partial charge < -0.3 is 30.6 Å². The van der Waals surface area contributed by atoms with E-state index in [0.717, 1.165) is 12.1 Å². The number of hydrogen-bond donors (Lipinski definition) is 6. The minimum Gasteiger partial charge on any atom is -0.507 e. The van der Waals surface area contributed by atoms with Crippen molar-refractivity contribution < 1.29 is 30.6 Å². The number of rotatable bonds is 0. The first-order valence-electron chi connectivity index (χ1n) is 4.25. The van der Waals surface area contributed by atoms with E-state index in [9.17, 15) is 30.6 Å². The van der Waals surface area contributed by atoms with E-state index in [1.165, 1.54) is 0 Å². The highest BCUT2D eigenvalue weighted by molar-refractivity contribution is 6.04. The molecular weight excluding hydrogens is 216 g/mol. The molecule has 0 aromatic heterocycles. The normalized spacial score (nSPS) is 10.8. The molecule has 0 spiro atoms. The van der Waals surface area contributed by atoms with Crippen molar-refractivity contribution in [2.75, 3.05) is 0 Å². The van der Waals surface area contributed by atoms with Crippen molar-refractivity contribution >= 4 is 10.8 Å². The van der Waals surface area contributed by atoms with Crippen LogP contribution < -0.4 is 0 Å². The van der Waals surface area contributed by atoms with Crippen molar-refractivity contribution in [1.29, 1.82) is 0 Å². The molecule has 0 aliphatic carbocycles. The molecule has 0 amide bonds. The Balaban J connectivity index is 3.14.